The molecule has 3 nitrogen and oxygen atoms in total. The fraction of sp³-hybridized carbons (Fsp3) is 0.100. The standard InChI is InChI=1S/C10H11ClN2.ClH.H2O/c1-8(12)13-7-6-9-4-2-3-5-10(9)11;;/h2-7H,1H3,(H2,12,13);1H;1H2/b7-6+;;. The molecular weight excluding hydrogens is 235 g/mol. The van der Waals surface area contributed by atoms with Crippen molar-refractivity contribution < 1.29 is 5.48 Å². The molecule has 0 saturated carbocycles. The van der Waals surface area contributed by atoms with Crippen molar-refractivity contribution in [3.8, 4) is 0 Å². The Morgan fingerprint density at radius 2 is 2.00 bits per heavy atom. The molecule has 0 radical (unpaired) electrons. The molecule has 15 heavy (non-hydrogen) atoms. The van der Waals surface area contributed by atoms with Gasteiger partial charge in [-0.15, -0.1) is 12.4 Å². The second-order valence-corrected chi connectivity index (χ2v) is 3.01. The number of halogens is 2. The molecule has 0 aliphatic heterocycles. The molecule has 0 aliphatic rings. The average Bonchev–Trinajstić information content (AvgIpc) is 2.08. The molecule has 0 heterocycles. The van der Waals surface area contributed by atoms with Gasteiger partial charge in [0.2, 0.25) is 0 Å². The van der Waals surface area contributed by atoms with Gasteiger partial charge >= 0.3 is 0 Å². The number of nitrogens with zero attached hydrogens (tertiary/aromatic N) is 1. The van der Waals surface area contributed by atoms with Crippen LogP contribution in [0.1, 0.15) is 12.5 Å². The van der Waals surface area contributed by atoms with E-state index in [1.807, 2.05) is 30.3 Å². The van der Waals surface area contributed by atoms with Gasteiger partial charge in [0, 0.05) is 11.2 Å². The largest absolute Gasteiger partial charge is 0.412 e. The molecule has 1 rings (SSSR count). The summed E-state index contributed by atoms with van der Waals surface area (Å²) < 4.78 is 0. The van der Waals surface area contributed by atoms with E-state index in [0.29, 0.717) is 10.9 Å². The number of amidine groups is 1. The Bertz CT molecular complexity index is 347. The van der Waals surface area contributed by atoms with Crippen LogP contribution >= 0.6 is 24.0 Å². The third kappa shape index (κ3) is 6.12. The van der Waals surface area contributed by atoms with E-state index in [1.54, 1.807) is 13.1 Å². The number of hydrogen-bond donors (Lipinski definition) is 1. The smallest absolute Gasteiger partial charge is 0.0957 e. The average molecular weight is 249 g/mol. The van der Waals surface area contributed by atoms with Crippen molar-refractivity contribution in [2.45, 2.75) is 6.92 Å². The van der Waals surface area contributed by atoms with Crippen LogP contribution in [0.25, 0.3) is 6.08 Å². The van der Waals surface area contributed by atoms with Gasteiger partial charge in [-0.2, -0.15) is 0 Å². The maximum absolute atomic E-state index is 5.91. The van der Waals surface area contributed by atoms with Crippen molar-refractivity contribution in [3.05, 3.63) is 41.1 Å². The minimum Gasteiger partial charge on any atom is -0.412 e. The summed E-state index contributed by atoms with van der Waals surface area (Å²) in [5.74, 6) is 0.531. The Kier molecular flexibility index (Phi) is 9.07. The molecule has 0 unspecified atom stereocenters. The Hall–Kier alpha value is -1.03. The second kappa shape index (κ2) is 8.29. The van der Waals surface area contributed by atoms with Crippen LogP contribution in [0.5, 0.6) is 0 Å². The van der Waals surface area contributed by atoms with Gasteiger partial charge < -0.3 is 11.2 Å². The number of hydrogen-bond acceptors (Lipinski definition) is 1. The lowest BCUT2D eigenvalue weighted by atomic mass is 10.2. The molecule has 0 amide bonds. The summed E-state index contributed by atoms with van der Waals surface area (Å²) in [6.07, 6.45) is 3.45. The van der Waals surface area contributed by atoms with Gasteiger partial charge in [0.15, 0.2) is 0 Å². The SMILES string of the molecule is CC(N)=N/C=C/c1ccccc1Cl.Cl.O. The normalized spacial score (nSPS) is 10.7. The van der Waals surface area contributed by atoms with Crippen molar-refractivity contribution in [1.82, 2.24) is 0 Å². The molecule has 0 fully saturated rings. The van der Waals surface area contributed by atoms with Crippen LogP contribution in [0.2, 0.25) is 5.02 Å². The summed E-state index contributed by atoms with van der Waals surface area (Å²) in [4.78, 5) is 3.92. The summed E-state index contributed by atoms with van der Waals surface area (Å²) in [6.45, 7) is 1.73. The van der Waals surface area contributed by atoms with Crippen LogP contribution in [0.3, 0.4) is 0 Å². The Morgan fingerprint density at radius 3 is 2.53 bits per heavy atom. The van der Waals surface area contributed by atoms with Crippen LogP contribution in [0.15, 0.2) is 35.5 Å². The number of benzene rings is 1. The van der Waals surface area contributed by atoms with E-state index in [4.69, 9.17) is 17.3 Å². The molecule has 1 aromatic rings. The minimum atomic E-state index is 0. The highest BCUT2D eigenvalue weighted by Crippen LogP contribution is 2.15. The van der Waals surface area contributed by atoms with E-state index in [0.717, 1.165) is 5.56 Å². The fourth-order valence-corrected chi connectivity index (χ4v) is 1.04. The van der Waals surface area contributed by atoms with Crippen LogP contribution in [-0.2, 0) is 0 Å². The van der Waals surface area contributed by atoms with Crippen molar-refractivity contribution in [1.29, 1.82) is 0 Å². The fourth-order valence-electron chi connectivity index (χ4n) is 0.845. The molecule has 0 bridgehead atoms. The number of aliphatic imine (C=N–C) groups is 1. The topological polar surface area (TPSA) is 69.9 Å². The van der Waals surface area contributed by atoms with Crippen molar-refractivity contribution in [3.63, 3.8) is 0 Å². The maximum atomic E-state index is 5.91. The number of nitrogens with two attached hydrogens (primary N) is 1. The molecule has 1 aromatic carbocycles. The second-order valence-electron chi connectivity index (χ2n) is 2.61. The van der Waals surface area contributed by atoms with E-state index in [-0.39, 0.29) is 17.9 Å². The Morgan fingerprint density at radius 1 is 1.40 bits per heavy atom. The quantitative estimate of drug-likeness (QED) is 0.634. The number of rotatable bonds is 2. The highest BCUT2D eigenvalue weighted by Gasteiger charge is 1.91. The van der Waals surface area contributed by atoms with E-state index < -0.39 is 0 Å². The van der Waals surface area contributed by atoms with E-state index in [2.05, 4.69) is 4.99 Å². The summed E-state index contributed by atoms with van der Waals surface area (Å²) in [5.41, 5.74) is 6.30. The van der Waals surface area contributed by atoms with Crippen molar-refractivity contribution >= 4 is 35.9 Å². The van der Waals surface area contributed by atoms with Crippen LogP contribution in [0.4, 0.5) is 0 Å². The first-order valence-corrected chi connectivity index (χ1v) is 4.29. The van der Waals surface area contributed by atoms with Gasteiger partial charge in [0.25, 0.3) is 0 Å². The van der Waals surface area contributed by atoms with Crippen LogP contribution < -0.4 is 5.73 Å². The lowest BCUT2D eigenvalue weighted by Gasteiger charge is -1.94. The van der Waals surface area contributed by atoms with E-state index in [1.165, 1.54) is 0 Å². The van der Waals surface area contributed by atoms with Crippen LogP contribution in [0, 0.1) is 0 Å². The maximum Gasteiger partial charge on any atom is 0.0957 e. The first-order valence-electron chi connectivity index (χ1n) is 3.91. The van der Waals surface area contributed by atoms with Crippen LogP contribution in [-0.4, -0.2) is 11.3 Å². The molecule has 0 saturated heterocycles. The van der Waals surface area contributed by atoms with Crippen molar-refractivity contribution in [2.24, 2.45) is 10.7 Å². The molecule has 0 aromatic heterocycles. The van der Waals surface area contributed by atoms with Gasteiger partial charge in [-0.05, 0) is 24.6 Å². The predicted octanol–water partition coefficient (Wildman–Crippen LogP) is 2.28. The molecule has 4 N–H and O–H groups in total. The summed E-state index contributed by atoms with van der Waals surface area (Å²) in [7, 11) is 0. The lowest BCUT2D eigenvalue weighted by molar-refractivity contribution is 0.824. The van der Waals surface area contributed by atoms with Gasteiger partial charge in [-0.3, -0.25) is 0 Å². The molecule has 0 spiro atoms. The molecular formula is C10H14Cl2N2O. The third-order valence-electron chi connectivity index (χ3n) is 1.44. The van der Waals surface area contributed by atoms with Gasteiger partial charge in [0.1, 0.15) is 0 Å². The monoisotopic (exact) mass is 248 g/mol. The van der Waals surface area contributed by atoms with Crippen molar-refractivity contribution in [2.75, 3.05) is 0 Å². The zero-order valence-corrected chi connectivity index (χ0v) is 9.85. The summed E-state index contributed by atoms with van der Waals surface area (Å²) in [6, 6.07) is 7.56. The zero-order valence-electron chi connectivity index (χ0n) is 8.27. The Labute approximate surface area is 100 Å². The predicted molar refractivity (Wildman–Crippen MR) is 68.6 cm³/mol. The lowest BCUT2D eigenvalue weighted by Crippen LogP contribution is -2.03. The Balaban J connectivity index is 0. The minimum absolute atomic E-state index is 0. The van der Waals surface area contributed by atoms with E-state index in [9.17, 15) is 0 Å². The molecule has 5 heteroatoms. The molecule has 0 atom stereocenters. The first kappa shape index (κ1) is 16.4. The highest BCUT2D eigenvalue weighted by atomic mass is 35.5. The van der Waals surface area contributed by atoms with Gasteiger partial charge in [-0.25, -0.2) is 4.99 Å². The molecule has 84 valence electrons. The summed E-state index contributed by atoms with van der Waals surface area (Å²) in [5, 5.41) is 0.712. The highest BCUT2D eigenvalue weighted by molar-refractivity contribution is 6.32. The zero-order chi connectivity index (χ0) is 9.68. The summed E-state index contributed by atoms with van der Waals surface area (Å²) >= 11 is 5.91. The third-order valence-corrected chi connectivity index (χ3v) is 1.78. The molecule has 0 aliphatic carbocycles. The van der Waals surface area contributed by atoms with Gasteiger partial charge in [-0.1, -0.05) is 29.8 Å². The van der Waals surface area contributed by atoms with E-state index >= 15 is 0 Å². The first-order chi connectivity index (χ1) is 6.20. The van der Waals surface area contributed by atoms with Gasteiger partial charge in [0.05, 0.1) is 5.84 Å².